The number of hydrogen-bond donors (Lipinski definition) is 1. The molecule has 0 saturated carbocycles. The SMILES string of the molecule is Cc1ccc(S(=O)(=O)NC2CCOc3ccc(Cl)cc32)cc1. The van der Waals surface area contributed by atoms with Crippen molar-refractivity contribution in [2.45, 2.75) is 24.3 Å². The fourth-order valence-corrected chi connectivity index (χ4v) is 3.89. The van der Waals surface area contributed by atoms with Crippen LogP contribution in [-0.2, 0) is 10.0 Å². The van der Waals surface area contributed by atoms with Crippen molar-refractivity contribution in [1.29, 1.82) is 0 Å². The quantitative estimate of drug-likeness (QED) is 0.933. The third kappa shape index (κ3) is 3.11. The fourth-order valence-electron chi connectivity index (χ4n) is 2.46. The first-order valence-electron chi connectivity index (χ1n) is 6.97. The smallest absolute Gasteiger partial charge is 0.241 e. The van der Waals surface area contributed by atoms with E-state index in [0.29, 0.717) is 23.8 Å². The van der Waals surface area contributed by atoms with Crippen molar-refractivity contribution in [2.24, 2.45) is 0 Å². The number of rotatable bonds is 3. The molecule has 0 saturated heterocycles. The number of fused-ring (bicyclic) bond motifs is 1. The zero-order valence-corrected chi connectivity index (χ0v) is 13.6. The Kier molecular flexibility index (Phi) is 4.12. The van der Waals surface area contributed by atoms with Gasteiger partial charge in [0.2, 0.25) is 10.0 Å². The zero-order valence-electron chi connectivity index (χ0n) is 12.0. The fraction of sp³-hybridized carbons (Fsp3) is 0.250. The van der Waals surface area contributed by atoms with Crippen molar-refractivity contribution >= 4 is 21.6 Å². The van der Waals surface area contributed by atoms with Gasteiger partial charge in [-0.3, -0.25) is 0 Å². The summed E-state index contributed by atoms with van der Waals surface area (Å²) in [6.07, 6.45) is 0.568. The molecule has 4 nitrogen and oxygen atoms in total. The molecule has 116 valence electrons. The summed E-state index contributed by atoms with van der Waals surface area (Å²) in [6.45, 7) is 2.39. The van der Waals surface area contributed by atoms with Gasteiger partial charge in [0.15, 0.2) is 0 Å². The lowest BCUT2D eigenvalue weighted by atomic mass is 10.0. The van der Waals surface area contributed by atoms with E-state index in [0.717, 1.165) is 11.1 Å². The molecule has 1 atom stereocenters. The highest BCUT2D eigenvalue weighted by atomic mass is 35.5. The molecule has 0 aliphatic carbocycles. The Morgan fingerprint density at radius 2 is 1.91 bits per heavy atom. The molecule has 0 amide bonds. The number of halogens is 1. The number of ether oxygens (including phenoxy) is 1. The van der Waals surface area contributed by atoms with Gasteiger partial charge in [-0.1, -0.05) is 29.3 Å². The highest BCUT2D eigenvalue weighted by Gasteiger charge is 2.27. The third-order valence-corrected chi connectivity index (χ3v) is 5.36. The maximum Gasteiger partial charge on any atom is 0.241 e. The van der Waals surface area contributed by atoms with Crippen LogP contribution in [0.2, 0.25) is 5.02 Å². The van der Waals surface area contributed by atoms with Crippen LogP contribution in [0, 0.1) is 6.92 Å². The summed E-state index contributed by atoms with van der Waals surface area (Å²) in [6, 6.07) is 11.7. The van der Waals surface area contributed by atoms with Gasteiger partial charge in [-0.05, 0) is 37.3 Å². The van der Waals surface area contributed by atoms with E-state index in [1.165, 1.54) is 0 Å². The van der Waals surface area contributed by atoms with Crippen molar-refractivity contribution in [3.63, 3.8) is 0 Å². The second kappa shape index (κ2) is 5.91. The first kappa shape index (κ1) is 15.3. The van der Waals surface area contributed by atoms with Gasteiger partial charge in [-0.2, -0.15) is 0 Å². The molecule has 1 N–H and O–H groups in total. The van der Waals surface area contributed by atoms with Crippen molar-refractivity contribution < 1.29 is 13.2 Å². The molecule has 0 fully saturated rings. The summed E-state index contributed by atoms with van der Waals surface area (Å²) in [5.74, 6) is 0.673. The monoisotopic (exact) mass is 337 g/mol. The molecule has 6 heteroatoms. The van der Waals surface area contributed by atoms with Gasteiger partial charge in [-0.15, -0.1) is 0 Å². The summed E-state index contributed by atoms with van der Waals surface area (Å²) in [7, 11) is -3.58. The van der Waals surface area contributed by atoms with Crippen LogP contribution in [0.3, 0.4) is 0 Å². The highest BCUT2D eigenvalue weighted by Crippen LogP contribution is 2.34. The van der Waals surface area contributed by atoms with E-state index in [2.05, 4.69) is 4.72 Å². The standard InChI is InChI=1S/C16H16ClNO3S/c1-11-2-5-13(6-3-11)22(19,20)18-15-8-9-21-16-7-4-12(17)10-14(15)16/h2-7,10,15,18H,8-9H2,1H3. The van der Waals surface area contributed by atoms with E-state index < -0.39 is 10.0 Å². The summed E-state index contributed by atoms with van der Waals surface area (Å²) >= 11 is 6.01. The predicted octanol–water partition coefficient (Wildman–Crippen LogP) is 3.45. The van der Waals surface area contributed by atoms with E-state index in [1.807, 2.05) is 6.92 Å². The summed E-state index contributed by atoms with van der Waals surface area (Å²) < 4.78 is 33.3. The van der Waals surface area contributed by atoms with Crippen LogP contribution in [0.4, 0.5) is 0 Å². The number of benzene rings is 2. The van der Waals surface area contributed by atoms with Crippen LogP contribution in [0.15, 0.2) is 47.4 Å². The minimum absolute atomic E-state index is 0.258. The van der Waals surface area contributed by atoms with E-state index in [9.17, 15) is 8.42 Å². The van der Waals surface area contributed by atoms with Crippen molar-refractivity contribution in [1.82, 2.24) is 4.72 Å². The van der Waals surface area contributed by atoms with Gasteiger partial charge < -0.3 is 4.74 Å². The second-order valence-electron chi connectivity index (χ2n) is 5.31. The second-order valence-corrected chi connectivity index (χ2v) is 7.46. The lowest BCUT2D eigenvalue weighted by Crippen LogP contribution is -2.32. The molecule has 22 heavy (non-hydrogen) atoms. The number of nitrogens with one attached hydrogen (secondary N) is 1. The van der Waals surface area contributed by atoms with E-state index in [4.69, 9.17) is 16.3 Å². The first-order valence-corrected chi connectivity index (χ1v) is 8.83. The maximum absolute atomic E-state index is 12.5. The Morgan fingerprint density at radius 3 is 2.64 bits per heavy atom. The molecule has 1 heterocycles. The molecule has 1 aliphatic rings. The van der Waals surface area contributed by atoms with Gasteiger partial charge in [0, 0.05) is 17.0 Å². The lowest BCUT2D eigenvalue weighted by molar-refractivity contribution is 0.263. The summed E-state index contributed by atoms with van der Waals surface area (Å²) in [4.78, 5) is 0.258. The van der Waals surface area contributed by atoms with E-state index >= 15 is 0 Å². The summed E-state index contributed by atoms with van der Waals surface area (Å²) in [5, 5.41) is 0.559. The van der Waals surface area contributed by atoms with Gasteiger partial charge in [0.05, 0.1) is 17.5 Å². The van der Waals surface area contributed by atoms with E-state index in [1.54, 1.807) is 42.5 Å². The van der Waals surface area contributed by atoms with Gasteiger partial charge in [0.25, 0.3) is 0 Å². The number of sulfonamides is 1. The number of aryl methyl sites for hydroxylation is 1. The first-order chi connectivity index (χ1) is 10.5. The average molecular weight is 338 g/mol. The van der Waals surface area contributed by atoms with Crippen LogP contribution in [-0.4, -0.2) is 15.0 Å². The van der Waals surface area contributed by atoms with Gasteiger partial charge >= 0.3 is 0 Å². The molecule has 3 rings (SSSR count). The highest BCUT2D eigenvalue weighted by molar-refractivity contribution is 7.89. The molecule has 1 aliphatic heterocycles. The molecule has 2 aromatic carbocycles. The van der Waals surface area contributed by atoms with Crippen molar-refractivity contribution in [3.8, 4) is 5.75 Å². The van der Waals surface area contributed by atoms with Crippen molar-refractivity contribution in [3.05, 3.63) is 58.6 Å². The van der Waals surface area contributed by atoms with E-state index in [-0.39, 0.29) is 10.9 Å². The molecule has 1 unspecified atom stereocenters. The largest absolute Gasteiger partial charge is 0.493 e. The maximum atomic E-state index is 12.5. The van der Waals surface area contributed by atoms with Crippen LogP contribution in [0.25, 0.3) is 0 Å². The van der Waals surface area contributed by atoms with Crippen LogP contribution < -0.4 is 9.46 Å². The molecule has 0 radical (unpaired) electrons. The number of hydrogen-bond acceptors (Lipinski definition) is 3. The molecular formula is C16H16ClNO3S. The average Bonchev–Trinajstić information content (AvgIpc) is 2.48. The van der Waals surface area contributed by atoms with Crippen LogP contribution in [0.5, 0.6) is 5.75 Å². The normalized spacial score (nSPS) is 17.6. The minimum atomic E-state index is -3.58. The van der Waals surface area contributed by atoms with Crippen LogP contribution >= 0.6 is 11.6 Å². The predicted molar refractivity (Wildman–Crippen MR) is 85.8 cm³/mol. The Hall–Kier alpha value is -1.56. The van der Waals surface area contributed by atoms with Gasteiger partial charge in [-0.25, -0.2) is 13.1 Å². The van der Waals surface area contributed by atoms with Gasteiger partial charge in [0.1, 0.15) is 5.75 Å². The Bertz CT molecular complexity index is 788. The molecular weight excluding hydrogens is 322 g/mol. The lowest BCUT2D eigenvalue weighted by Gasteiger charge is -2.26. The summed E-state index contributed by atoms with van der Waals surface area (Å²) in [5.41, 5.74) is 1.79. The van der Waals surface area contributed by atoms with Crippen molar-refractivity contribution in [2.75, 3.05) is 6.61 Å². The Morgan fingerprint density at radius 1 is 1.18 bits per heavy atom. The molecule has 0 spiro atoms. The zero-order chi connectivity index (χ0) is 15.7. The topological polar surface area (TPSA) is 55.4 Å². The Labute approximate surface area is 135 Å². The molecule has 0 aromatic heterocycles. The minimum Gasteiger partial charge on any atom is -0.493 e. The van der Waals surface area contributed by atoms with Crippen LogP contribution in [0.1, 0.15) is 23.6 Å². The Balaban J connectivity index is 1.91. The molecule has 0 bridgehead atoms. The third-order valence-electron chi connectivity index (χ3n) is 3.64. The molecule has 2 aromatic rings.